The van der Waals surface area contributed by atoms with Crippen molar-refractivity contribution in [1.82, 2.24) is 4.90 Å². The summed E-state index contributed by atoms with van der Waals surface area (Å²) < 4.78 is 4.87. The molecule has 1 amide bonds. The Morgan fingerprint density at radius 3 is 2.72 bits per heavy atom. The first-order valence-electron chi connectivity index (χ1n) is 9.37. The minimum Gasteiger partial charge on any atom is -0.465 e. The van der Waals surface area contributed by atoms with Gasteiger partial charge in [-0.3, -0.25) is 9.69 Å². The van der Waals surface area contributed by atoms with Gasteiger partial charge < -0.3 is 9.64 Å². The smallest absolute Gasteiger partial charge is 0.339 e. The van der Waals surface area contributed by atoms with Crippen LogP contribution in [-0.2, 0) is 16.0 Å². The molecule has 2 aromatic heterocycles. The monoisotopic (exact) mass is 426 g/mol. The summed E-state index contributed by atoms with van der Waals surface area (Å²) in [5.74, 6) is -0.501. The van der Waals surface area contributed by atoms with E-state index in [9.17, 15) is 9.59 Å². The average Bonchev–Trinajstić information content (AvgIpc) is 3.44. The summed E-state index contributed by atoms with van der Waals surface area (Å²) >= 11 is 3.51. The van der Waals surface area contributed by atoms with Gasteiger partial charge in [0, 0.05) is 23.3 Å². The Bertz CT molecular complexity index is 1010. The van der Waals surface area contributed by atoms with Crippen molar-refractivity contribution in [3.63, 3.8) is 0 Å². The van der Waals surface area contributed by atoms with E-state index in [0.29, 0.717) is 11.3 Å². The first kappa shape index (κ1) is 19.8. The second-order valence-electron chi connectivity index (χ2n) is 6.90. The third kappa shape index (κ3) is 3.85. The van der Waals surface area contributed by atoms with Crippen molar-refractivity contribution in [1.29, 1.82) is 0 Å². The molecule has 3 heterocycles. The predicted molar refractivity (Wildman–Crippen MR) is 117 cm³/mol. The lowest BCUT2D eigenvalue weighted by Gasteiger charge is -2.36. The van der Waals surface area contributed by atoms with Crippen molar-refractivity contribution in [2.75, 3.05) is 32.1 Å². The molecule has 5 nitrogen and oxygen atoms in total. The number of amides is 1. The largest absolute Gasteiger partial charge is 0.465 e. The van der Waals surface area contributed by atoms with Crippen molar-refractivity contribution in [3.05, 3.63) is 74.1 Å². The van der Waals surface area contributed by atoms with Gasteiger partial charge in [0.25, 0.3) is 0 Å². The molecule has 7 heteroatoms. The standard InChI is InChI=1S/C22H22N2O3S2/c1-23(17-7-4-3-6-15(17)22(26)27-2)20(25)14-24-11-9-18-16(10-13-29-18)21(24)19-8-5-12-28-19/h3-8,10,12-13,21H,9,11,14H2,1-2H3/t21-/m0/s1. The molecule has 0 radical (unpaired) electrons. The fourth-order valence-electron chi connectivity index (χ4n) is 3.78. The normalized spacial score (nSPS) is 16.3. The minimum atomic E-state index is -0.447. The van der Waals surface area contributed by atoms with Crippen LogP contribution in [0.25, 0.3) is 0 Å². The lowest BCUT2D eigenvalue weighted by Crippen LogP contribution is -2.43. The summed E-state index contributed by atoms with van der Waals surface area (Å²) in [6.07, 6.45) is 0.949. The van der Waals surface area contributed by atoms with Crippen LogP contribution in [0.4, 0.5) is 5.69 Å². The van der Waals surface area contributed by atoms with Gasteiger partial charge in [0.1, 0.15) is 0 Å². The van der Waals surface area contributed by atoms with Gasteiger partial charge in [0.05, 0.1) is 30.9 Å². The molecular formula is C22H22N2O3S2. The maximum absolute atomic E-state index is 13.2. The van der Waals surface area contributed by atoms with Crippen LogP contribution in [0.2, 0.25) is 0 Å². The number of carbonyl (C=O) groups excluding carboxylic acids is 2. The lowest BCUT2D eigenvalue weighted by molar-refractivity contribution is -0.119. The molecule has 4 rings (SSSR count). The molecule has 3 aromatic rings. The van der Waals surface area contributed by atoms with Crippen LogP contribution in [0.15, 0.2) is 53.2 Å². The number of esters is 1. The molecule has 1 aliphatic heterocycles. The molecule has 150 valence electrons. The van der Waals surface area contributed by atoms with Crippen LogP contribution >= 0.6 is 22.7 Å². The number of benzene rings is 1. The topological polar surface area (TPSA) is 49.9 Å². The number of thiophene rings is 2. The van der Waals surface area contributed by atoms with E-state index in [0.717, 1.165) is 13.0 Å². The molecule has 0 N–H and O–H groups in total. The van der Waals surface area contributed by atoms with Gasteiger partial charge >= 0.3 is 5.97 Å². The number of hydrogen-bond acceptors (Lipinski definition) is 6. The van der Waals surface area contributed by atoms with Crippen molar-refractivity contribution in [3.8, 4) is 0 Å². The Balaban J connectivity index is 1.59. The third-order valence-corrected chi connectivity index (χ3v) is 7.18. The van der Waals surface area contributed by atoms with E-state index in [-0.39, 0.29) is 18.5 Å². The molecule has 0 unspecified atom stereocenters. The number of likely N-dealkylation sites (N-methyl/N-ethyl adjacent to an activating group) is 1. The molecule has 1 aromatic carbocycles. The van der Waals surface area contributed by atoms with E-state index in [2.05, 4.69) is 33.9 Å². The Kier molecular flexibility index (Phi) is 5.80. The van der Waals surface area contributed by atoms with Crippen LogP contribution in [0, 0.1) is 0 Å². The van der Waals surface area contributed by atoms with E-state index in [1.165, 1.54) is 22.4 Å². The maximum atomic E-state index is 13.2. The molecule has 1 aliphatic rings. The van der Waals surface area contributed by atoms with E-state index in [1.807, 2.05) is 6.07 Å². The van der Waals surface area contributed by atoms with Gasteiger partial charge in [0.2, 0.25) is 5.91 Å². The van der Waals surface area contributed by atoms with Gasteiger partial charge in [-0.25, -0.2) is 4.79 Å². The molecule has 1 atom stereocenters. The molecule has 0 aliphatic carbocycles. The molecule has 0 fully saturated rings. The predicted octanol–water partition coefficient (Wildman–Crippen LogP) is 4.21. The van der Waals surface area contributed by atoms with Crippen molar-refractivity contribution >= 4 is 40.2 Å². The fourth-order valence-corrected chi connectivity index (χ4v) is 5.56. The minimum absolute atomic E-state index is 0.0541. The molecular weight excluding hydrogens is 404 g/mol. The Labute approximate surface area is 178 Å². The number of ether oxygens (including phenoxy) is 1. The highest BCUT2D eigenvalue weighted by atomic mass is 32.1. The van der Waals surface area contributed by atoms with Gasteiger partial charge in [-0.05, 0) is 47.0 Å². The number of fused-ring (bicyclic) bond motifs is 1. The van der Waals surface area contributed by atoms with Crippen LogP contribution in [0.1, 0.15) is 31.7 Å². The van der Waals surface area contributed by atoms with Crippen molar-refractivity contribution in [2.24, 2.45) is 0 Å². The summed E-state index contributed by atoms with van der Waals surface area (Å²) in [7, 11) is 3.06. The third-order valence-electron chi connectivity index (χ3n) is 5.26. The first-order valence-corrected chi connectivity index (χ1v) is 11.1. The highest BCUT2D eigenvalue weighted by Crippen LogP contribution is 2.39. The summed E-state index contributed by atoms with van der Waals surface area (Å²) in [4.78, 5) is 31.7. The summed E-state index contributed by atoms with van der Waals surface area (Å²) in [6.45, 7) is 1.11. The number of rotatable bonds is 5. The summed E-state index contributed by atoms with van der Waals surface area (Å²) in [6, 6.07) is 13.5. The van der Waals surface area contributed by atoms with Gasteiger partial charge in [0.15, 0.2) is 0 Å². The molecule has 0 bridgehead atoms. The molecule has 0 saturated heterocycles. The number of anilines is 1. The zero-order valence-electron chi connectivity index (χ0n) is 16.3. The quantitative estimate of drug-likeness (QED) is 0.574. The zero-order valence-corrected chi connectivity index (χ0v) is 18.0. The van der Waals surface area contributed by atoms with E-state index >= 15 is 0 Å². The molecule has 29 heavy (non-hydrogen) atoms. The molecule has 0 saturated carbocycles. The van der Waals surface area contributed by atoms with E-state index in [4.69, 9.17) is 4.74 Å². The van der Waals surface area contributed by atoms with Crippen molar-refractivity contribution in [2.45, 2.75) is 12.5 Å². The Morgan fingerprint density at radius 2 is 1.97 bits per heavy atom. The van der Waals surface area contributed by atoms with E-state index in [1.54, 1.807) is 52.8 Å². The van der Waals surface area contributed by atoms with Crippen LogP contribution in [0.3, 0.4) is 0 Å². The lowest BCUT2D eigenvalue weighted by atomic mass is 9.98. The van der Waals surface area contributed by atoms with Crippen LogP contribution in [0.5, 0.6) is 0 Å². The Hall–Kier alpha value is -2.48. The van der Waals surface area contributed by atoms with Gasteiger partial charge in [-0.1, -0.05) is 18.2 Å². The number of hydrogen-bond donors (Lipinski definition) is 0. The van der Waals surface area contributed by atoms with Gasteiger partial charge in [-0.15, -0.1) is 22.7 Å². The van der Waals surface area contributed by atoms with Crippen LogP contribution < -0.4 is 4.90 Å². The van der Waals surface area contributed by atoms with Crippen molar-refractivity contribution < 1.29 is 14.3 Å². The number of methoxy groups -OCH3 is 1. The summed E-state index contributed by atoms with van der Waals surface area (Å²) in [5, 5.41) is 4.21. The molecule has 0 spiro atoms. The second kappa shape index (κ2) is 8.49. The highest BCUT2D eigenvalue weighted by molar-refractivity contribution is 7.10. The highest BCUT2D eigenvalue weighted by Gasteiger charge is 2.32. The second-order valence-corrected chi connectivity index (χ2v) is 8.88. The number of carbonyl (C=O) groups is 2. The number of para-hydroxylation sites is 1. The Morgan fingerprint density at radius 1 is 1.14 bits per heavy atom. The summed E-state index contributed by atoms with van der Waals surface area (Å²) in [5.41, 5.74) is 2.25. The number of nitrogens with zero attached hydrogens (tertiary/aromatic N) is 2. The maximum Gasteiger partial charge on any atom is 0.339 e. The average molecular weight is 427 g/mol. The van der Waals surface area contributed by atoms with Crippen LogP contribution in [-0.4, -0.2) is 44.0 Å². The first-order chi connectivity index (χ1) is 14.1. The zero-order chi connectivity index (χ0) is 20.4. The SMILES string of the molecule is COC(=O)c1ccccc1N(C)C(=O)CN1CCc2sccc2[C@H]1c1cccs1. The fraction of sp³-hybridized carbons (Fsp3) is 0.273. The van der Waals surface area contributed by atoms with Gasteiger partial charge in [-0.2, -0.15) is 0 Å². The van der Waals surface area contributed by atoms with E-state index < -0.39 is 5.97 Å².